The summed E-state index contributed by atoms with van der Waals surface area (Å²) in [5, 5.41) is 7.54. The Bertz CT molecular complexity index is 1060. The predicted molar refractivity (Wildman–Crippen MR) is 119 cm³/mol. The second-order valence-electron chi connectivity index (χ2n) is 6.91. The van der Waals surface area contributed by atoms with Crippen molar-refractivity contribution in [2.24, 2.45) is 0 Å². The fraction of sp³-hybridized carbons (Fsp3) is 0.167. The van der Waals surface area contributed by atoms with E-state index < -0.39 is 0 Å². The quantitative estimate of drug-likeness (QED) is 0.460. The summed E-state index contributed by atoms with van der Waals surface area (Å²) in [5.74, 6) is 0. The zero-order valence-electron chi connectivity index (χ0n) is 16.1. The summed E-state index contributed by atoms with van der Waals surface area (Å²) >= 11 is 1.72. The van der Waals surface area contributed by atoms with Crippen LogP contribution in [0.4, 0.5) is 4.79 Å². The van der Waals surface area contributed by atoms with Gasteiger partial charge < -0.3 is 10.2 Å². The molecule has 0 atom stereocenters. The standard InChI is InChI=1S/C24H23N3OS/c28-24(26-17-21-9-3-8-20-7-1-2-11-23(20)21)27(14-12-22-10-5-15-29-22)18-19-6-4-13-25-16-19/h1-11,13,15-16H,12,14,17-18H2,(H,26,28). The van der Waals surface area contributed by atoms with Gasteiger partial charge in [-0.15, -0.1) is 11.3 Å². The molecule has 146 valence electrons. The van der Waals surface area contributed by atoms with Crippen LogP contribution in [0.5, 0.6) is 0 Å². The zero-order chi connectivity index (χ0) is 19.9. The van der Waals surface area contributed by atoms with Crippen LogP contribution in [0.15, 0.2) is 84.5 Å². The molecule has 2 amide bonds. The average molecular weight is 402 g/mol. The summed E-state index contributed by atoms with van der Waals surface area (Å²) in [6.07, 6.45) is 4.41. The minimum absolute atomic E-state index is 0.0571. The molecule has 0 saturated carbocycles. The van der Waals surface area contributed by atoms with Crippen LogP contribution in [0.3, 0.4) is 0 Å². The predicted octanol–water partition coefficient (Wildman–Crippen LogP) is 5.25. The molecular weight excluding hydrogens is 378 g/mol. The van der Waals surface area contributed by atoms with Gasteiger partial charge in [-0.25, -0.2) is 4.79 Å². The number of fused-ring (bicyclic) bond motifs is 1. The summed E-state index contributed by atoms with van der Waals surface area (Å²) in [7, 11) is 0. The van der Waals surface area contributed by atoms with Gasteiger partial charge in [0.15, 0.2) is 0 Å². The number of aromatic nitrogens is 1. The minimum atomic E-state index is -0.0571. The van der Waals surface area contributed by atoms with Crippen LogP contribution in [0.25, 0.3) is 10.8 Å². The highest BCUT2D eigenvalue weighted by atomic mass is 32.1. The number of hydrogen-bond acceptors (Lipinski definition) is 3. The molecule has 29 heavy (non-hydrogen) atoms. The molecule has 2 aromatic heterocycles. The van der Waals surface area contributed by atoms with E-state index in [9.17, 15) is 4.79 Å². The fourth-order valence-electron chi connectivity index (χ4n) is 3.39. The largest absolute Gasteiger partial charge is 0.334 e. The van der Waals surface area contributed by atoms with Gasteiger partial charge in [-0.1, -0.05) is 54.6 Å². The second-order valence-corrected chi connectivity index (χ2v) is 7.94. The SMILES string of the molecule is O=C(NCc1cccc2ccccc12)N(CCc1cccs1)Cc1cccnc1. The highest BCUT2D eigenvalue weighted by molar-refractivity contribution is 7.09. The van der Waals surface area contributed by atoms with E-state index in [1.54, 1.807) is 17.5 Å². The molecular formula is C24H23N3OS. The van der Waals surface area contributed by atoms with E-state index in [4.69, 9.17) is 0 Å². The summed E-state index contributed by atoms with van der Waals surface area (Å²) in [6, 6.07) is 22.5. The number of carbonyl (C=O) groups is 1. The molecule has 4 nitrogen and oxygen atoms in total. The third-order valence-corrected chi connectivity index (χ3v) is 5.84. The molecule has 0 unspecified atom stereocenters. The topological polar surface area (TPSA) is 45.2 Å². The van der Waals surface area contributed by atoms with Crippen LogP contribution in [0.2, 0.25) is 0 Å². The first kappa shape index (κ1) is 19.2. The molecule has 1 N–H and O–H groups in total. The number of rotatable bonds is 7. The lowest BCUT2D eigenvalue weighted by Gasteiger charge is -2.23. The Morgan fingerprint density at radius 2 is 1.90 bits per heavy atom. The van der Waals surface area contributed by atoms with Gasteiger partial charge >= 0.3 is 6.03 Å². The van der Waals surface area contributed by atoms with Gasteiger partial charge in [-0.2, -0.15) is 0 Å². The van der Waals surface area contributed by atoms with E-state index in [0.717, 1.165) is 17.5 Å². The number of thiophene rings is 1. The van der Waals surface area contributed by atoms with E-state index in [1.165, 1.54) is 15.6 Å². The van der Waals surface area contributed by atoms with Gasteiger partial charge in [0.2, 0.25) is 0 Å². The molecule has 0 spiro atoms. The molecule has 4 aromatic rings. The van der Waals surface area contributed by atoms with Crippen molar-refractivity contribution in [1.82, 2.24) is 15.2 Å². The van der Waals surface area contributed by atoms with Crippen molar-refractivity contribution in [3.05, 3.63) is 101 Å². The van der Waals surface area contributed by atoms with Crippen LogP contribution >= 0.6 is 11.3 Å². The van der Waals surface area contributed by atoms with Gasteiger partial charge in [0.05, 0.1) is 0 Å². The van der Waals surface area contributed by atoms with Crippen molar-refractivity contribution >= 4 is 28.1 Å². The maximum absolute atomic E-state index is 13.0. The number of pyridine rings is 1. The lowest BCUT2D eigenvalue weighted by Crippen LogP contribution is -2.40. The third kappa shape index (κ3) is 5.00. The summed E-state index contributed by atoms with van der Waals surface area (Å²) in [4.78, 5) is 20.3. The van der Waals surface area contributed by atoms with Crippen molar-refractivity contribution in [3.8, 4) is 0 Å². The fourth-order valence-corrected chi connectivity index (χ4v) is 4.09. The van der Waals surface area contributed by atoms with E-state index in [1.807, 2.05) is 47.5 Å². The molecule has 0 radical (unpaired) electrons. The van der Waals surface area contributed by atoms with Gasteiger partial charge in [0.25, 0.3) is 0 Å². The van der Waals surface area contributed by atoms with Crippen LogP contribution < -0.4 is 5.32 Å². The zero-order valence-corrected chi connectivity index (χ0v) is 16.9. The number of carbonyl (C=O) groups excluding carboxylic acids is 1. The summed E-state index contributed by atoms with van der Waals surface area (Å²) in [5.41, 5.74) is 2.15. The molecule has 5 heteroatoms. The minimum Gasteiger partial charge on any atom is -0.334 e. The Kier molecular flexibility index (Phi) is 6.17. The molecule has 2 heterocycles. The maximum Gasteiger partial charge on any atom is 0.317 e. The Labute approximate surface area is 174 Å². The van der Waals surface area contributed by atoms with Crippen LogP contribution in [-0.2, 0) is 19.5 Å². The normalized spacial score (nSPS) is 10.8. The summed E-state index contributed by atoms with van der Waals surface area (Å²) in [6.45, 7) is 1.71. The van der Waals surface area contributed by atoms with Crippen molar-refractivity contribution in [2.75, 3.05) is 6.54 Å². The number of hydrogen-bond donors (Lipinski definition) is 1. The average Bonchev–Trinajstić information content (AvgIpc) is 3.29. The molecule has 2 aromatic carbocycles. The monoisotopic (exact) mass is 401 g/mol. The van der Waals surface area contributed by atoms with E-state index in [0.29, 0.717) is 19.6 Å². The Balaban J connectivity index is 1.46. The molecule has 0 fully saturated rings. The molecule has 0 aliphatic carbocycles. The number of amides is 2. The van der Waals surface area contributed by atoms with Gasteiger partial charge in [0.1, 0.15) is 0 Å². The molecule has 4 rings (SSSR count). The van der Waals surface area contributed by atoms with Crippen molar-refractivity contribution in [3.63, 3.8) is 0 Å². The van der Waals surface area contributed by atoms with Crippen molar-refractivity contribution < 1.29 is 4.79 Å². The first-order valence-electron chi connectivity index (χ1n) is 9.70. The molecule has 0 aliphatic heterocycles. The smallest absolute Gasteiger partial charge is 0.317 e. The van der Waals surface area contributed by atoms with Crippen molar-refractivity contribution in [2.45, 2.75) is 19.5 Å². The Hall–Kier alpha value is -3.18. The number of nitrogens with zero attached hydrogens (tertiary/aromatic N) is 2. The Morgan fingerprint density at radius 3 is 2.72 bits per heavy atom. The van der Waals surface area contributed by atoms with Crippen LogP contribution in [0, 0.1) is 0 Å². The number of urea groups is 1. The van der Waals surface area contributed by atoms with Crippen molar-refractivity contribution in [1.29, 1.82) is 0 Å². The van der Waals surface area contributed by atoms with E-state index in [2.05, 4.69) is 46.0 Å². The number of nitrogens with one attached hydrogen (secondary N) is 1. The van der Waals surface area contributed by atoms with E-state index >= 15 is 0 Å². The first-order chi connectivity index (χ1) is 14.3. The highest BCUT2D eigenvalue weighted by Gasteiger charge is 2.15. The number of benzene rings is 2. The van der Waals surface area contributed by atoms with Crippen LogP contribution in [0.1, 0.15) is 16.0 Å². The van der Waals surface area contributed by atoms with Gasteiger partial charge in [-0.3, -0.25) is 4.98 Å². The lowest BCUT2D eigenvalue weighted by molar-refractivity contribution is 0.195. The molecule has 0 aliphatic rings. The maximum atomic E-state index is 13.0. The lowest BCUT2D eigenvalue weighted by atomic mass is 10.0. The van der Waals surface area contributed by atoms with Gasteiger partial charge in [-0.05, 0) is 45.8 Å². The summed E-state index contributed by atoms with van der Waals surface area (Å²) < 4.78 is 0. The highest BCUT2D eigenvalue weighted by Crippen LogP contribution is 2.18. The van der Waals surface area contributed by atoms with E-state index in [-0.39, 0.29) is 6.03 Å². The second kappa shape index (κ2) is 9.34. The molecule has 0 bridgehead atoms. The van der Waals surface area contributed by atoms with Crippen LogP contribution in [-0.4, -0.2) is 22.5 Å². The van der Waals surface area contributed by atoms with Gasteiger partial charge in [0, 0.05) is 36.9 Å². The molecule has 0 saturated heterocycles. The third-order valence-electron chi connectivity index (χ3n) is 4.90. The first-order valence-corrected chi connectivity index (χ1v) is 10.6. The Morgan fingerprint density at radius 1 is 1.00 bits per heavy atom.